The van der Waals surface area contributed by atoms with Crippen LogP contribution < -0.4 is 10.6 Å². The van der Waals surface area contributed by atoms with Gasteiger partial charge in [-0.2, -0.15) is 0 Å². The summed E-state index contributed by atoms with van der Waals surface area (Å²) in [7, 11) is 0. The highest BCUT2D eigenvalue weighted by Crippen LogP contribution is 2.19. The van der Waals surface area contributed by atoms with Gasteiger partial charge in [-0.25, -0.2) is 4.79 Å². The standard InChI is InChI=1S/C18H23BrN2O4/c1-10(2)15(21-17(23)12-4-6-13(19)7-5-12)18(24)25-11(3)16(22)20-14-8-9-14/h4-7,10-11,14-15H,8-9H2,1-3H3,(H,20,22)(H,21,23)/t11-,15+/m1/s1. The van der Waals surface area contributed by atoms with Gasteiger partial charge in [0, 0.05) is 16.1 Å². The lowest BCUT2D eigenvalue weighted by Crippen LogP contribution is -2.47. The topological polar surface area (TPSA) is 84.5 Å². The third-order valence-corrected chi connectivity index (χ3v) is 4.43. The van der Waals surface area contributed by atoms with Crippen molar-refractivity contribution in [3.8, 4) is 0 Å². The predicted molar refractivity (Wildman–Crippen MR) is 97.0 cm³/mol. The summed E-state index contributed by atoms with van der Waals surface area (Å²) in [6.45, 7) is 5.15. The molecule has 1 aromatic carbocycles. The highest BCUT2D eigenvalue weighted by molar-refractivity contribution is 9.10. The lowest BCUT2D eigenvalue weighted by Gasteiger charge is -2.23. The Morgan fingerprint density at radius 3 is 2.24 bits per heavy atom. The summed E-state index contributed by atoms with van der Waals surface area (Å²) in [4.78, 5) is 36.6. The summed E-state index contributed by atoms with van der Waals surface area (Å²) in [6, 6.07) is 6.20. The third-order valence-electron chi connectivity index (χ3n) is 3.90. The van der Waals surface area contributed by atoms with Crippen molar-refractivity contribution in [2.75, 3.05) is 0 Å². The maximum Gasteiger partial charge on any atom is 0.329 e. The minimum absolute atomic E-state index is 0.175. The summed E-state index contributed by atoms with van der Waals surface area (Å²) >= 11 is 3.31. The Kier molecular flexibility index (Phi) is 6.58. The van der Waals surface area contributed by atoms with E-state index in [4.69, 9.17) is 4.74 Å². The third kappa shape index (κ3) is 5.85. The molecule has 0 aliphatic heterocycles. The fourth-order valence-corrected chi connectivity index (χ4v) is 2.44. The normalized spacial score (nSPS) is 16.0. The Labute approximate surface area is 155 Å². The van der Waals surface area contributed by atoms with Crippen LogP contribution in [0.15, 0.2) is 28.7 Å². The number of carbonyl (C=O) groups excluding carboxylic acids is 3. The van der Waals surface area contributed by atoms with E-state index < -0.39 is 18.1 Å². The molecule has 0 aromatic heterocycles. The number of rotatable bonds is 7. The van der Waals surface area contributed by atoms with Gasteiger partial charge in [0.25, 0.3) is 11.8 Å². The van der Waals surface area contributed by atoms with Crippen LogP contribution in [0.1, 0.15) is 44.0 Å². The molecule has 1 aliphatic rings. The molecule has 0 radical (unpaired) electrons. The Morgan fingerprint density at radius 2 is 1.72 bits per heavy atom. The zero-order valence-corrected chi connectivity index (χ0v) is 16.1. The highest BCUT2D eigenvalue weighted by atomic mass is 79.9. The van der Waals surface area contributed by atoms with Crippen LogP contribution >= 0.6 is 15.9 Å². The van der Waals surface area contributed by atoms with E-state index in [2.05, 4.69) is 26.6 Å². The molecule has 1 fully saturated rings. The molecule has 1 aromatic rings. The molecular weight excluding hydrogens is 388 g/mol. The van der Waals surface area contributed by atoms with E-state index >= 15 is 0 Å². The van der Waals surface area contributed by atoms with Gasteiger partial charge in [-0.1, -0.05) is 29.8 Å². The molecule has 0 spiro atoms. The largest absolute Gasteiger partial charge is 0.451 e. The minimum Gasteiger partial charge on any atom is -0.451 e. The number of carbonyl (C=O) groups is 3. The van der Waals surface area contributed by atoms with Gasteiger partial charge < -0.3 is 15.4 Å². The first-order valence-corrected chi connectivity index (χ1v) is 9.14. The van der Waals surface area contributed by atoms with Crippen LogP contribution in [0.25, 0.3) is 0 Å². The molecular formula is C18H23BrN2O4. The Bertz CT molecular complexity index is 641. The van der Waals surface area contributed by atoms with Gasteiger partial charge in [0.15, 0.2) is 6.10 Å². The number of benzene rings is 1. The van der Waals surface area contributed by atoms with Gasteiger partial charge in [-0.3, -0.25) is 9.59 Å². The van der Waals surface area contributed by atoms with Crippen LogP contribution in [0.5, 0.6) is 0 Å². The number of esters is 1. The fourth-order valence-electron chi connectivity index (χ4n) is 2.17. The minimum atomic E-state index is -0.890. The molecule has 0 saturated heterocycles. The average Bonchev–Trinajstić information content (AvgIpc) is 3.36. The predicted octanol–water partition coefficient (Wildman–Crippen LogP) is 2.41. The first-order valence-electron chi connectivity index (χ1n) is 8.35. The number of nitrogens with one attached hydrogen (secondary N) is 2. The van der Waals surface area contributed by atoms with Crippen LogP contribution in [0.2, 0.25) is 0 Å². The Hall–Kier alpha value is -1.89. The lowest BCUT2D eigenvalue weighted by molar-refractivity contribution is -0.157. The van der Waals surface area contributed by atoms with Crippen molar-refractivity contribution in [1.82, 2.24) is 10.6 Å². The molecule has 136 valence electrons. The average molecular weight is 411 g/mol. The van der Waals surface area contributed by atoms with Crippen molar-refractivity contribution in [1.29, 1.82) is 0 Å². The quantitative estimate of drug-likeness (QED) is 0.675. The molecule has 0 heterocycles. The summed E-state index contributed by atoms with van der Waals surface area (Å²) in [5.41, 5.74) is 0.446. The van der Waals surface area contributed by atoms with Crippen LogP contribution in [0.3, 0.4) is 0 Å². The van der Waals surface area contributed by atoms with Crippen LogP contribution in [0, 0.1) is 5.92 Å². The molecule has 1 aliphatic carbocycles. The van der Waals surface area contributed by atoms with E-state index in [1.807, 2.05) is 13.8 Å². The number of ether oxygens (including phenoxy) is 1. The maximum absolute atomic E-state index is 12.4. The monoisotopic (exact) mass is 410 g/mol. The number of hydrogen-bond acceptors (Lipinski definition) is 4. The van der Waals surface area contributed by atoms with Crippen molar-refractivity contribution in [3.63, 3.8) is 0 Å². The summed E-state index contributed by atoms with van der Waals surface area (Å²) in [5, 5.41) is 5.48. The SMILES string of the molecule is CC(C)[C@H](NC(=O)c1ccc(Br)cc1)C(=O)O[C@H](C)C(=O)NC1CC1. The van der Waals surface area contributed by atoms with Crippen molar-refractivity contribution < 1.29 is 19.1 Å². The second-order valence-electron chi connectivity index (χ2n) is 6.56. The van der Waals surface area contributed by atoms with Crippen molar-refractivity contribution >= 4 is 33.7 Å². The number of halogens is 1. The van der Waals surface area contributed by atoms with Crippen molar-refractivity contribution in [2.24, 2.45) is 5.92 Å². The molecule has 2 atom stereocenters. The van der Waals surface area contributed by atoms with E-state index in [-0.39, 0.29) is 23.8 Å². The fraction of sp³-hybridized carbons (Fsp3) is 0.500. The second-order valence-corrected chi connectivity index (χ2v) is 7.48. The Morgan fingerprint density at radius 1 is 1.12 bits per heavy atom. The van der Waals surface area contributed by atoms with Gasteiger partial charge in [-0.05, 0) is 49.9 Å². The van der Waals surface area contributed by atoms with E-state index in [0.717, 1.165) is 17.3 Å². The van der Waals surface area contributed by atoms with Crippen molar-refractivity contribution in [3.05, 3.63) is 34.3 Å². The summed E-state index contributed by atoms with van der Waals surface area (Å²) in [5.74, 6) is -1.46. The lowest BCUT2D eigenvalue weighted by atomic mass is 10.0. The number of amides is 2. The molecule has 1 saturated carbocycles. The van der Waals surface area contributed by atoms with Crippen LogP contribution in [-0.2, 0) is 14.3 Å². The van der Waals surface area contributed by atoms with E-state index in [1.165, 1.54) is 6.92 Å². The maximum atomic E-state index is 12.4. The Balaban J connectivity index is 1.96. The van der Waals surface area contributed by atoms with Crippen LogP contribution in [-0.4, -0.2) is 36.0 Å². The van der Waals surface area contributed by atoms with Gasteiger partial charge in [-0.15, -0.1) is 0 Å². The first-order chi connectivity index (χ1) is 11.8. The summed E-state index contributed by atoms with van der Waals surface area (Å²) < 4.78 is 6.11. The van der Waals surface area contributed by atoms with E-state index in [9.17, 15) is 14.4 Å². The zero-order valence-electron chi connectivity index (χ0n) is 14.5. The molecule has 7 heteroatoms. The molecule has 0 unspecified atom stereocenters. The first kappa shape index (κ1) is 19.4. The van der Waals surface area contributed by atoms with E-state index in [0.29, 0.717) is 5.56 Å². The van der Waals surface area contributed by atoms with E-state index in [1.54, 1.807) is 24.3 Å². The molecule has 2 amide bonds. The van der Waals surface area contributed by atoms with Crippen LogP contribution in [0.4, 0.5) is 0 Å². The summed E-state index contributed by atoms with van der Waals surface area (Å²) in [6.07, 6.45) is 1.04. The molecule has 25 heavy (non-hydrogen) atoms. The highest BCUT2D eigenvalue weighted by Gasteiger charge is 2.31. The zero-order chi connectivity index (χ0) is 18.6. The number of hydrogen-bond donors (Lipinski definition) is 2. The molecule has 6 nitrogen and oxygen atoms in total. The smallest absolute Gasteiger partial charge is 0.329 e. The van der Waals surface area contributed by atoms with Gasteiger partial charge >= 0.3 is 5.97 Å². The molecule has 2 N–H and O–H groups in total. The molecule has 0 bridgehead atoms. The van der Waals surface area contributed by atoms with Gasteiger partial charge in [0.05, 0.1) is 0 Å². The van der Waals surface area contributed by atoms with Gasteiger partial charge in [0.2, 0.25) is 0 Å². The van der Waals surface area contributed by atoms with Gasteiger partial charge in [0.1, 0.15) is 6.04 Å². The molecule has 2 rings (SSSR count). The second kappa shape index (κ2) is 8.47. The van der Waals surface area contributed by atoms with Crippen molar-refractivity contribution in [2.45, 2.75) is 51.8 Å².